The Morgan fingerprint density at radius 1 is 1.00 bits per heavy atom. The summed E-state index contributed by atoms with van der Waals surface area (Å²) in [6.07, 6.45) is 1.33. The van der Waals surface area contributed by atoms with E-state index in [1.807, 2.05) is 11.4 Å². The summed E-state index contributed by atoms with van der Waals surface area (Å²) >= 11 is 1.35. The van der Waals surface area contributed by atoms with Gasteiger partial charge in [0, 0.05) is 23.5 Å². The second-order valence-corrected chi connectivity index (χ2v) is 10.3. The molecular weight excluding hydrogens is 460 g/mol. The van der Waals surface area contributed by atoms with Gasteiger partial charge in [0.15, 0.2) is 5.84 Å². The summed E-state index contributed by atoms with van der Waals surface area (Å²) < 4.78 is 28.9. The minimum Gasteiger partial charge on any atom is -0.343 e. The molecule has 8 nitrogen and oxygen atoms in total. The predicted molar refractivity (Wildman–Crippen MR) is 127 cm³/mol. The zero-order chi connectivity index (χ0) is 23.0. The normalized spacial score (nSPS) is 18.5. The molecule has 0 aliphatic carbocycles. The van der Waals surface area contributed by atoms with Gasteiger partial charge < -0.3 is 15.5 Å². The van der Waals surface area contributed by atoms with Crippen LogP contribution in [0.4, 0.5) is 11.4 Å². The van der Waals surface area contributed by atoms with Crippen molar-refractivity contribution in [3.63, 3.8) is 0 Å². The molecule has 0 unspecified atom stereocenters. The van der Waals surface area contributed by atoms with E-state index in [2.05, 4.69) is 15.0 Å². The average Bonchev–Trinajstić information content (AvgIpc) is 3.54. The molecule has 168 valence electrons. The molecule has 2 aliphatic rings. The molecule has 1 aromatic heterocycles. The lowest BCUT2D eigenvalue weighted by atomic mass is 10.1. The van der Waals surface area contributed by atoms with E-state index in [-0.39, 0.29) is 16.7 Å². The van der Waals surface area contributed by atoms with Crippen molar-refractivity contribution in [3.05, 3.63) is 76.5 Å². The molecule has 33 heavy (non-hydrogen) atoms. The fourth-order valence-corrected chi connectivity index (χ4v) is 5.93. The van der Waals surface area contributed by atoms with Crippen LogP contribution >= 0.6 is 11.3 Å². The Morgan fingerprint density at radius 3 is 2.58 bits per heavy atom. The van der Waals surface area contributed by atoms with Crippen LogP contribution in [0.3, 0.4) is 0 Å². The number of carbonyl (C=O) groups excluding carboxylic acids is 2. The van der Waals surface area contributed by atoms with Crippen LogP contribution in [0, 0.1) is 0 Å². The number of hydrogen-bond acceptors (Lipinski definition) is 6. The van der Waals surface area contributed by atoms with Crippen molar-refractivity contribution < 1.29 is 18.0 Å². The third-order valence-corrected chi connectivity index (χ3v) is 7.77. The number of likely N-dealkylation sites (tertiary alicyclic amines) is 1. The molecule has 0 bridgehead atoms. The van der Waals surface area contributed by atoms with E-state index in [1.54, 1.807) is 53.4 Å². The van der Waals surface area contributed by atoms with Gasteiger partial charge in [-0.15, -0.1) is 15.7 Å². The summed E-state index contributed by atoms with van der Waals surface area (Å²) in [6.45, 7) is 0.539. The lowest BCUT2D eigenvalue weighted by Gasteiger charge is -2.25. The number of thiophene rings is 1. The Morgan fingerprint density at radius 2 is 1.79 bits per heavy atom. The van der Waals surface area contributed by atoms with Crippen LogP contribution in [-0.2, 0) is 14.8 Å². The number of benzene rings is 2. The second-order valence-electron chi connectivity index (χ2n) is 7.74. The van der Waals surface area contributed by atoms with Gasteiger partial charge in [-0.25, -0.2) is 0 Å². The molecule has 0 radical (unpaired) electrons. The maximum atomic E-state index is 13.1. The van der Waals surface area contributed by atoms with Crippen LogP contribution in [0.15, 0.2) is 75.3 Å². The molecule has 0 saturated carbocycles. The average molecular weight is 481 g/mol. The number of fused-ring (bicyclic) bond motifs is 1. The zero-order valence-corrected chi connectivity index (χ0v) is 19.0. The van der Waals surface area contributed by atoms with Gasteiger partial charge in [0.05, 0.1) is 4.88 Å². The molecule has 2 aliphatic heterocycles. The number of amides is 2. The van der Waals surface area contributed by atoms with Gasteiger partial charge >= 0.3 is 0 Å². The first-order chi connectivity index (χ1) is 15.9. The summed E-state index contributed by atoms with van der Waals surface area (Å²) in [6, 6.07) is 16.6. The molecule has 1 fully saturated rings. The first kappa shape index (κ1) is 21.4. The van der Waals surface area contributed by atoms with Crippen molar-refractivity contribution >= 4 is 50.4 Å². The highest BCUT2D eigenvalue weighted by atomic mass is 32.2. The van der Waals surface area contributed by atoms with Crippen LogP contribution in [0.2, 0.25) is 0 Å². The molecule has 2 amide bonds. The first-order valence-electron chi connectivity index (χ1n) is 10.4. The molecule has 1 atom stereocenters. The molecule has 10 heteroatoms. The number of hydrogen-bond donors (Lipinski definition) is 2. The largest absolute Gasteiger partial charge is 0.343 e. The van der Waals surface area contributed by atoms with Gasteiger partial charge in [-0.3, -0.25) is 9.59 Å². The number of nitrogens with zero attached hydrogens (tertiary/aromatic N) is 2. The van der Waals surface area contributed by atoms with Crippen molar-refractivity contribution in [3.8, 4) is 0 Å². The molecule has 3 heterocycles. The topological polar surface area (TPSA) is 108 Å². The van der Waals surface area contributed by atoms with Crippen LogP contribution in [-0.4, -0.2) is 43.6 Å². The minimum atomic E-state index is -3.76. The van der Waals surface area contributed by atoms with Gasteiger partial charge in [0.25, 0.3) is 15.9 Å². The van der Waals surface area contributed by atoms with E-state index in [1.165, 1.54) is 17.4 Å². The third-order valence-electron chi connectivity index (χ3n) is 5.57. The van der Waals surface area contributed by atoms with Gasteiger partial charge in [-0.05, 0) is 54.6 Å². The number of sulfonamides is 1. The maximum absolute atomic E-state index is 13.1. The molecule has 2 aromatic carbocycles. The second kappa shape index (κ2) is 8.45. The lowest BCUT2D eigenvalue weighted by Crippen LogP contribution is -2.43. The van der Waals surface area contributed by atoms with Crippen molar-refractivity contribution in [2.24, 2.45) is 4.40 Å². The molecule has 3 aromatic rings. The molecule has 2 N–H and O–H groups in total. The van der Waals surface area contributed by atoms with Crippen LogP contribution in [0.5, 0.6) is 0 Å². The van der Waals surface area contributed by atoms with E-state index in [4.69, 9.17) is 0 Å². The lowest BCUT2D eigenvalue weighted by molar-refractivity contribution is -0.119. The van der Waals surface area contributed by atoms with Crippen LogP contribution in [0.25, 0.3) is 0 Å². The Balaban J connectivity index is 1.33. The first-order valence-corrected chi connectivity index (χ1v) is 12.7. The summed E-state index contributed by atoms with van der Waals surface area (Å²) in [4.78, 5) is 28.0. The summed E-state index contributed by atoms with van der Waals surface area (Å²) in [5.41, 5.74) is 1.63. The number of carbonyl (C=O) groups is 2. The number of rotatable bonds is 4. The molecule has 1 saturated heterocycles. The fraction of sp³-hybridized carbons (Fsp3) is 0.174. The minimum absolute atomic E-state index is 0.167. The van der Waals surface area contributed by atoms with E-state index in [0.29, 0.717) is 40.6 Å². The van der Waals surface area contributed by atoms with E-state index in [9.17, 15) is 18.0 Å². The van der Waals surface area contributed by atoms with E-state index < -0.39 is 16.1 Å². The van der Waals surface area contributed by atoms with Gasteiger partial charge in [-0.2, -0.15) is 8.42 Å². The molecule has 5 rings (SSSR count). The highest BCUT2D eigenvalue weighted by Gasteiger charge is 2.39. The SMILES string of the molecule is O=C(Nc1cccc(NC(=O)[C@@H]2CCCN2C2=NS(=O)(=O)c3ccccc32)c1)c1cccs1. The van der Waals surface area contributed by atoms with Gasteiger partial charge in [0.1, 0.15) is 10.9 Å². The Labute approximate surface area is 195 Å². The Kier molecular flexibility index (Phi) is 5.47. The fourth-order valence-electron chi connectivity index (χ4n) is 4.09. The number of amidine groups is 1. The predicted octanol–water partition coefficient (Wildman–Crippen LogP) is 3.55. The molecular formula is C23H20N4O4S2. The maximum Gasteiger partial charge on any atom is 0.285 e. The smallest absolute Gasteiger partial charge is 0.285 e. The van der Waals surface area contributed by atoms with E-state index in [0.717, 1.165) is 6.42 Å². The number of anilines is 2. The standard InChI is InChI=1S/C23H20N4O4S2/c28-22(24-15-6-3-7-16(14-15)25-23(29)19-10-5-13-32-19)18-9-4-12-27(18)21-17-8-1-2-11-20(17)33(30,31)26-21/h1-3,5-8,10-11,13-14,18H,4,9,12H2,(H,24,28)(H,25,29)/t18-/m0/s1. The van der Waals surface area contributed by atoms with Crippen molar-refractivity contribution in [1.82, 2.24) is 4.90 Å². The van der Waals surface area contributed by atoms with Gasteiger partial charge in [-0.1, -0.05) is 24.3 Å². The van der Waals surface area contributed by atoms with Crippen molar-refractivity contribution in [2.75, 3.05) is 17.2 Å². The highest BCUT2D eigenvalue weighted by Crippen LogP contribution is 2.31. The van der Waals surface area contributed by atoms with Crippen LogP contribution < -0.4 is 10.6 Å². The summed E-state index contributed by atoms with van der Waals surface area (Å²) in [5.74, 6) is -0.145. The molecule has 0 spiro atoms. The Hall–Kier alpha value is -3.50. The van der Waals surface area contributed by atoms with Crippen molar-refractivity contribution in [2.45, 2.75) is 23.8 Å². The Bertz CT molecular complexity index is 1370. The van der Waals surface area contributed by atoms with E-state index >= 15 is 0 Å². The summed E-state index contributed by atoms with van der Waals surface area (Å²) in [7, 11) is -3.76. The third kappa shape index (κ3) is 4.14. The van der Waals surface area contributed by atoms with Gasteiger partial charge in [0.2, 0.25) is 5.91 Å². The quantitative estimate of drug-likeness (QED) is 0.594. The number of nitrogens with one attached hydrogen (secondary N) is 2. The summed E-state index contributed by atoms with van der Waals surface area (Å²) in [5, 5.41) is 7.55. The highest BCUT2D eigenvalue weighted by molar-refractivity contribution is 7.90. The van der Waals surface area contributed by atoms with Crippen LogP contribution in [0.1, 0.15) is 28.1 Å². The monoisotopic (exact) mass is 480 g/mol. The van der Waals surface area contributed by atoms with Crippen molar-refractivity contribution in [1.29, 1.82) is 0 Å². The zero-order valence-electron chi connectivity index (χ0n) is 17.4.